The topological polar surface area (TPSA) is 93.3 Å². The van der Waals surface area contributed by atoms with E-state index >= 15 is 0 Å². The quantitative estimate of drug-likeness (QED) is 0.885. The molecule has 1 unspecified atom stereocenters. The fraction of sp³-hybridized carbons (Fsp3) is 0.312. The molecule has 1 atom stereocenters. The second-order valence-electron chi connectivity index (χ2n) is 5.82. The molecule has 1 saturated heterocycles. The van der Waals surface area contributed by atoms with Crippen LogP contribution in [0.3, 0.4) is 0 Å². The van der Waals surface area contributed by atoms with E-state index in [4.69, 9.17) is 5.73 Å². The number of urea groups is 1. The molecule has 24 heavy (non-hydrogen) atoms. The zero-order valence-corrected chi connectivity index (χ0v) is 13.2. The lowest BCUT2D eigenvalue weighted by molar-refractivity contribution is 0.0932. The third-order valence-corrected chi connectivity index (χ3v) is 4.06. The van der Waals surface area contributed by atoms with Crippen LogP contribution in [-0.2, 0) is 0 Å². The van der Waals surface area contributed by atoms with Gasteiger partial charge in [-0.15, -0.1) is 0 Å². The SMILES string of the molecule is Cc1cc(F)ccc1-n1ccc(C(=O)NC2CCN(C(N)=O)C2)n1. The minimum absolute atomic E-state index is 0.136. The van der Waals surface area contributed by atoms with Crippen molar-refractivity contribution < 1.29 is 14.0 Å². The van der Waals surface area contributed by atoms with Crippen LogP contribution >= 0.6 is 0 Å². The third-order valence-electron chi connectivity index (χ3n) is 4.06. The van der Waals surface area contributed by atoms with Crippen molar-refractivity contribution in [2.24, 2.45) is 5.73 Å². The molecule has 3 amide bonds. The summed E-state index contributed by atoms with van der Waals surface area (Å²) < 4.78 is 14.7. The summed E-state index contributed by atoms with van der Waals surface area (Å²) in [6, 6.07) is 5.35. The number of carbonyl (C=O) groups excluding carboxylic acids is 2. The highest BCUT2D eigenvalue weighted by Gasteiger charge is 2.26. The third kappa shape index (κ3) is 3.22. The molecule has 2 aromatic rings. The number of benzene rings is 1. The van der Waals surface area contributed by atoms with E-state index in [2.05, 4.69) is 10.4 Å². The van der Waals surface area contributed by atoms with Crippen molar-refractivity contribution in [2.75, 3.05) is 13.1 Å². The Labute approximate surface area is 138 Å². The van der Waals surface area contributed by atoms with Crippen molar-refractivity contribution >= 4 is 11.9 Å². The van der Waals surface area contributed by atoms with Gasteiger partial charge in [0, 0.05) is 25.3 Å². The van der Waals surface area contributed by atoms with Gasteiger partial charge < -0.3 is 16.0 Å². The molecule has 1 aromatic carbocycles. The number of nitrogens with two attached hydrogens (primary N) is 1. The number of likely N-dealkylation sites (tertiary alicyclic amines) is 1. The Bertz CT molecular complexity index is 789. The molecule has 0 aliphatic carbocycles. The molecule has 1 aliphatic rings. The molecule has 126 valence electrons. The standard InChI is InChI=1S/C16H18FN5O2/c1-10-8-11(17)2-3-14(10)22-7-5-13(20-22)15(23)19-12-4-6-21(9-12)16(18)24/h2-3,5,7-8,12H,4,6,9H2,1H3,(H2,18,24)(H,19,23). The number of amides is 3. The van der Waals surface area contributed by atoms with E-state index in [1.807, 2.05) is 0 Å². The van der Waals surface area contributed by atoms with Crippen LogP contribution in [0.25, 0.3) is 5.69 Å². The molecule has 0 radical (unpaired) electrons. The molecule has 1 aliphatic heterocycles. The summed E-state index contributed by atoms with van der Waals surface area (Å²) in [5, 5.41) is 7.09. The monoisotopic (exact) mass is 331 g/mol. The molecule has 2 heterocycles. The van der Waals surface area contributed by atoms with Gasteiger partial charge in [-0.3, -0.25) is 4.79 Å². The van der Waals surface area contributed by atoms with Crippen molar-refractivity contribution in [2.45, 2.75) is 19.4 Å². The van der Waals surface area contributed by atoms with Crippen molar-refractivity contribution in [3.8, 4) is 5.69 Å². The van der Waals surface area contributed by atoms with Gasteiger partial charge in [0.25, 0.3) is 5.91 Å². The van der Waals surface area contributed by atoms with Crippen LogP contribution < -0.4 is 11.1 Å². The van der Waals surface area contributed by atoms with Gasteiger partial charge in [-0.05, 0) is 43.2 Å². The van der Waals surface area contributed by atoms with Crippen LogP contribution in [0, 0.1) is 12.7 Å². The van der Waals surface area contributed by atoms with Crippen LogP contribution in [0.4, 0.5) is 9.18 Å². The average molecular weight is 331 g/mol. The molecule has 1 fully saturated rings. The number of halogens is 1. The van der Waals surface area contributed by atoms with Crippen LogP contribution in [0.15, 0.2) is 30.5 Å². The number of aryl methyl sites for hydroxylation is 1. The second kappa shape index (κ2) is 6.31. The predicted molar refractivity (Wildman–Crippen MR) is 85.3 cm³/mol. The highest BCUT2D eigenvalue weighted by atomic mass is 19.1. The zero-order valence-electron chi connectivity index (χ0n) is 13.2. The van der Waals surface area contributed by atoms with Crippen molar-refractivity contribution in [1.82, 2.24) is 20.0 Å². The summed E-state index contributed by atoms with van der Waals surface area (Å²) in [6.07, 6.45) is 2.31. The predicted octanol–water partition coefficient (Wildman–Crippen LogP) is 1.20. The molecular weight excluding hydrogens is 313 g/mol. The first-order chi connectivity index (χ1) is 11.4. The Balaban J connectivity index is 1.69. The number of rotatable bonds is 3. The molecular formula is C16H18FN5O2. The lowest BCUT2D eigenvalue weighted by Gasteiger charge is -2.14. The van der Waals surface area contributed by atoms with Crippen molar-refractivity contribution in [3.05, 3.63) is 47.5 Å². The molecule has 0 bridgehead atoms. The van der Waals surface area contributed by atoms with Crippen molar-refractivity contribution in [1.29, 1.82) is 0 Å². The van der Waals surface area contributed by atoms with Gasteiger partial charge in [-0.2, -0.15) is 5.10 Å². The number of hydrogen-bond acceptors (Lipinski definition) is 3. The number of aromatic nitrogens is 2. The molecule has 1 aromatic heterocycles. The molecule has 0 spiro atoms. The van der Waals surface area contributed by atoms with Gasteiger partial charge in [0.1, 0.15) is 5.82 Å². The fourth-order valence-corrected chi connectivity index (χ4v) is 2.79. The summed E-state index contributed by atoms with van der Waals surface area (Å²) in [4.78, 5) is 24.9. The van der Waals surface area contributed by atoms with E-state index in [0.29, 0.717) is 25.2 Å². The van der Waals surface area contributed by atoms with Gasteiger partial charge >= 0.3 is 6.03 Å². The molecule has 8 heteroatoms. The van der Waals surface area contributed by atoms with E-state index in [1.165, 1.54) is 21.7 Å². The van der Waals surface area contributed by atoms with Crippen LogP contribution in [0.2, 0.25) is 0 Å². The smallest absolute Gasteiger partial charge is 0.314 e. The van der Waals surface area contributed by atoms with Gasteiger partial charge in [-0.1, -0.05) is 0 Å². The average Bonchev–Trinajstić information content (AvgIpc) is 3.16. The van der Waals surface area contributed by atoms with Gasteiger partial charge in [0.2, 0.25) is 0 Å². The van der Waals surface area contributed by atoms with E-state index < -0.39 is 6.03 Å². The largest absolute Gasteiger partial charge is 0.351 e. The normalized spacial score (nSPS) is 17.1. The summed E-state index contributed by atoms with van der Waals surface area (Å²) >= 11 is 0. The highest BCUT2D eigenvalue weighted by Crippen LogP contribution is 2.15. The minimum Gasteiger partial charge on any atom is -0.351 e. The van der Waals surface area contributed by atoms with Crippen LogP contribution in [0.5, 0.6) is 0 Å². The summed E-state index contributed by atoms with van der Waals surface area (Å²) in [5.74, 6) is -0.633. The Morgan fingerprint density at radius 1 is 1.38 bits per heavy atom. The fourth-order valence-electron chi connectivity index (χ4n) is 2.79. The summed E-state index contributed by atoms with van der Waals surface area (Å²) in [6.45, 7) is 2.71. The minimum atomic E-state index is -0.484. The lowest BCUT2D eigenvalue weighted by Crippen LogP contribution is -2.40. The molecule has 3 rings (SSSR count). The van der Waals surface area contributed by atoms with Crippen molar-refractivity contribution in [3.63, 3.8) is 0 Å². The molecule has 7 nitrogen and oxygen atoms in total. The molecule has 3 N–H and O–H groups in total. The summed E-state index contributed by atoms with van der Waals surface area (Å²) in [7, 11) is 0. The summed E-state index contributed by atoms with van der Waals surface area (Å²) in [5.41, 5.74) is 6.91. The Hall–Kier alpha value is -2.90. The van der Waals surface area contributed by atoms with E-state index in [0.717, 1.165) is 5.56 Å². The van der Waals surface area contributed by atoms with Crippen LogP contribution in [-0.4, -0.2) is 45.8 Å². The Morgan fingerprint density at radius 2 is 2.17 bits per heavy atom. The maximum Gasteiger partial charge on any atom is 0.314 e. The first-order valence-electron chi connectivity index (χ1n) is 7.61. The number of hydrogen-bond donors (Lipinski definition) is 2. The number of nitrogens with one attached hydrogen (secondary N) is 1. The van der Waals surface area contributed by atoms with E-state index in [-0.39, 0.29) is 23.5 Å². The van der Waals surface area contributed by atoms with Gasteiger partial charge in [-0.25, -0.2) is 13.9 Å². The molecule has 0 saturated carbocycles. The maximum atomic E-state index is 13.2. The van der Waals surface area contributed by atoms with E-state index in [9.17, 15) is 14.0 Å². The van der Waals surface area contributed by atoms with Crippen LogP contribution in [0.1, 0.15) is 22.5 Å². The number of carbonyl (C=O) groups is 2. The maximum absolute atomic E-state index is 13.2. The van der Waals surface area contributed by atoms with Gasteiger partial charge in [0.15, 0.2) is 5.69 Å². The number of nitrogens with zero attached hydrogens (tertiary/aromatic N) is 3. The lowest BCUT2D eigenvalue weighted by atomic mass is 10.2. The Morgan fingerprint density at radius 3 is 2.83 bits per heavy atom. The van der Waals surface area contributed by atoms with E-state index in [1.54, 1.807) is 25.3 Å². The first-order valence-corrected chi connectivity index (χ1v) is 7.61. The van der Waals surface area contributed by atoms with Gasteiger partial charge in [0.05, 0.1) is 5.69 Å². The second-order valence-corrected chi connectivity index (χ2v) is 5.82. The first kappa shape index (κ1) is 16.0. The zero-order chi connectivity index (χ0) is 17.3. The Kier molecular flexibility index (Phi) is 4.20. The number of primary amides is 1. The highest BCUT2D eigenvalue weighted by molar-refractivity contribution is 5.92.